The molecule has 2 aromatic rings. The molecular formula is C17H24N4. The molecule has 2 atom stereocenters. The van der Waals surface area contributed by atoms with Gasteiger partial charge in [0.25, 0.3) is 0 Å². The van der Waals surface area contributed by atoms with Crippen molar-refractivity contribution in [2.75, 3.05) is 18.0 Å². The SMILES string of the molecule is CC(C)C1CNC(c2ccccc2)CN1c1cnn(C)c1. The molecule has 2 unspecified atom stereocenters. The van der Waals surface area contributed by atoms with Crippen molar-refractivity contribution < 1.29 is 0 Å². The lowest BCUT2D eigenvalue weighted by Crippen LogP contribution is -2.55. The zero-order valence-corrected chi connectivity index (χ0v) is 13.0. The zero-order chi connectivity index (χ0) is 14.8. The van der Waals surface area contributed by atoms with Gasteiger partial charge in [-0.15, -0.1) is 0 Å². The smallest absolute Gasteiger partial charge is 0.0756 e. The fourth-order valence-corrected chi connectivity index (χ4v) is 3.13. The van der Waals surface area contributed by atoms with Crippen molar-refractivity contribution in [3.63, 3.8) is 0 Å². The summed E-state index contributed by atoms with van der Waals surface area (Å²) in [5.74, 6) is 0.606. The Morgan fingerprint density at radius 1 is 1.24 bits per heavy atom. The third-order valence-electron chi connectivity index (χ3n) is 4.35. The summed E-state index contributed by atoms with van der Waals surface area (Å²) >= 11 is 0. The molecule has 0 bridgehead atoms. The minimum absolute atomic E-state index is 0.376. The molecular weight excluding hydrogens is 260 g/mol. The van der Waals surface area contributed by atoms with E-state index in [1.165, 1.54) is 11.3 Å². The number of nitrogens with zero attached hydrogens (tertiary/aromatic N) is 3. The molecule has 21 heavy (non-hydrogen) atoms. The summed E-state index contributed by atoms with van der Waals surface area (Å²) < 4.78 is 1.88. The highest BCUT2D eigenvalue weighted by Gasteiger charge is 2.31. The van der Waals surface area contributed by atoms with Crippen molar-refractivity contribution >= 4 is 5.69 Å². The molecule has 1 fully saturated rings. The molecule has 0 aliphatic carbocycles. The lowest BCUT2D eigenvalue weighted by Gasteiger charge is -2.43. The Hall–Kier alpha value is -1.81. The summed E-state index contributed by atoms with van der Waals surface area (Å²) in [6.07, 6.45) is 4.09. The number of hydrogen-bond acceptors (Lipinski definition) is 3. The number of aryl methyl sites for hydroxylation is 1. The van der Waals surface area contributed by atoms with E-state index in [1.807, 2.05) is 17.9 Å². The lowest BCUT2D eigenvalue weighted by atomic mass is 9.95. The highest BCUT2D eigenvalue weighted by atomic mass is 15.3. The van der Waals surface area contributed by atoms with E-state index in [9.17, 15) is 0 Å². The van der Waals surface area contributed by atoms with E-state index in [4.69, 9.17) is 0 Å². The first-order valence-corrected chi connectivity index (χ1v) is 7.69. The summed E-state index contributed by atoms with van der Waals surface area (Å²) in [6.45, 7) is 6.57. The first-order valence-electron chi connectivity index (χ1n) is 7.69. The van der Waals surface area contributed by atoms with Crippen LogP contribution in [0, 0.1) is 5.92 Å². The van der Waals surface area contributed by atoms with Gasteiger partial charge in [-0.25, -0.2) is 0 Å². The van der Waals surface area contributed by atoms with Crippen LogP contribution in [0.15, 0.2) is 42.7 Å². The van der Waals surface area contributed by atoms with Crippen LogP contribution in [0.4, 0.5) is 5.69 Å². The van der Waals surface area contributed by atoms with Crippen LogP contribution in [0.1, 0.15) is 25.5 Å². The molecule has 1 aromatic carbocycles. The second kappa shape index (κ2) is 5.90. The maximum atomic E-state index is 4.34. The third-order valence-corrected chi connectivity index (χ3v) is 4.35. The first-order chi connectivity index (χ1) is 10.1. The highest BCUT2D eigenvalue weighted by molar-refractivity contribution is 5.45. The standard InChI is InChI=1S/C17H24N4/c1-13(2)17-10-18-16(14-7-5-4-6-8-14)12-21(17)15-9-19-20(3)11-15/h4-9,11,13,16-18H,10,12H2,1-3H3. The number of nitrogens with one attached hydrogen (secondary N) is 1. The van der Waals surface area contributed by atoms with E-state index < -0.39 is 0 Å². The quantitative estimate of drug-likeness (QED) is 0.940. The topological polar surface area (TPSA) is 33.1 Å². The van der Waals surface area contributed by atoms with Gasteiger partial charge in [0, 0.05) is 38.4 Å². The average Bonchev–Trinajstić information content (AvgIpc) is 2.94. The average molecular weight is 284 g/mol. The number of rotatable bonds is 3. The van der Waals surface area contributed by atoms with E-state index in [1.54, 1.807) is 0 Å². The van der Waals surface area contributed by atoms with Crippen LogP contribution in [0.25, 0.3) is 0 Å². The summed E-state index contributed by atoms with van der Waals surface area (Å²) in [5, 5.41) is 8.04. The Balaban J connectivity index is 1.85. The molecule has 1 aliphatic rings. The molecule has 2 heterocycles. The maximum Gasteiger partial charge on any atom is 0.0756 e. The second-order valence-corrected chi connectivity index (χ2v) is 6.21. The minimum Gasteiger partial charge on any atom is -0.363 e. The van der Waals surface area contributed by atoms with Crippen LogP contribution >= 0.6 is 0 Å². The van der Waals surface area contributed by atoms with Crippen molar-refractivity contribution in [3.05, 3.63) is 48.3 Å². The fourth-order valence-electron chi connectivity index (χ4n) is 3.13. The first kappa shape index (κ1) is 14.1. The molecule has 1 saturated heterocycles. The zero-order valence-electron chi connectivity index (χ0n) is 13.0. The van der Waals surface area contributed by atoms with Crippen molar-refractivity contribution in [1.29, 1.82) is 0 Å². The third kappa shape index (κ3) is 2.95. The van der Waals surface area contributed by atoms with E-state index in [-0.39, 0.29) is 0 Å². The molecule has 0 spiro atoms. The lowest BCUT2D eigenvalue weighted by molar-refractivity contribution is 0.342. The Bertz CT molecular complexity index is 575. The van der Waals surface area contributed by atoms with Crippen LogP contribution < -0.4 is 10.2 Å². The summed E-state index contributed by atoms with van der Waals surface area (Å²) in [5.41, 5.74) is 2.58. The molecule has 1 aliphatic heterocycles. The highest BCUT2D eigenvalue weighted by Crippen LogP contribution is 2.27. The molecule has 0 radical (unpaired) electrons. The van der Waals surface area contributed by atoms with Crippen LogP contribution in [-0.4, -0.2) is 28.9 Å². The Kier molecular flexibility index (Phi) is 3.97. The number of piperazine rings is 1. The van der Waals surface area contributed by atoms with Crippen molar-refractivity contribution in [2.24, 2.45) is 13.0 Å². The van der Waals surface area contributed by atoms with Crippen molar-refractivity contribution in [3.8, 4) is 0 Å². The van der Waals surface area contributed by atoms with Gasteiger partial charge in [0.1, 0.15) is 0 Å². The van der Waals surface area contributed by atoms with Gasteiger partial charge in [0.15, 0.2) is 0 Å². The van der Waals surface area contributed by atoms with E-state index >= 15 is 0 Å². The fraction of sp³-hybridized carbons (Fsp3) is 0.471. The second-order valence-electron chi connectivity index (χ2n) is 6.21. The Labute approximate surface area is 126 Å². The monoisotopic (exact) mass is 284 g/mol. The van der Waals surface area contributed by atoms with E-state index in [0.29, 0.717) is 18.0 Å². The molecule has 4 nitrogen and oxygen atoms in total. The van der Waals surface area contributed by atoms with Crippen LogP contribution in [0.3, 0.4) is 0 Å². The Morgan fingerprint density at radius 3 is 2.62 bits per heavy atom. The van der Waals surface area contributed by atoms with Gasteiger partial charge in [0.05, 0.1) is 11.9 Å². The van der Waals surface area contributed by atoms with Crippen LogP contribution in [0.2, 0.25) is 0 Å². The number of anilines is 1. The van der Waals surface area contributed by atoms with E-state index in [0.717, 1.165) is 13.1 Å². The van der Waals surface area contributed by atoms with Gasteiger partial charge in [-0.05, 0) is 11.5 Å². The largest absolute Gasteiger partial charge is 0.363 e. The molecule has 1 N–H and O–H groups in total. The van der Waals surface area contributed by atoms with Gasteiger partial charge >= 0.3 is 0 Å². The van der Waals surface area contributed by atoms with Crippen LogP contribution in [-0.2, 0) is 7.05 Å². The predicted molar refractivity (Wildman–Crippen MR) is 86.4 cm³/mol. The summed E-state index contributed by atoms with van der Waals surface area (Å²) in [6, 6.07) is 11.6. The van der Waals surface area contributed by atoms with Gasteiger partial charge < -0.3 is 10.2 Å². The van der Waals surface area contributed by atoms with Gasteiger partial charge in [0.2, 0.25) is 0 Å². The summed E-state index contributed by atoms with van der Waals surface area (Å²) in [4.78, 5) is 2.51. The number of hydrogen-bond donors (Lipinski definition) is 1. The maximum absolute atomic E-state index is 4.34. The van der Waals surface area contributed by atoms with Crippen LogP contribution in [0.5, 0.6) is 0 Å². The number of aromatic nitrogens is 2. The molecule has 0 saturated carbocycles. The summed E-state index contributed by atoms with van der Waals surface area (Å²) in [7, 11) is 1.98. The van der Waals surface area contributed by atoms with Gasteiger partial charge in [-0.1, -0.05) is 44.2 Å². The van der Waals surface area contributed by atoms with Crippen molar-refractivity contribution in [1.82, 2.24) is 15.1 Å². The van der Waals surface area contributed by atoms with Gasteiger partial charge in [-0.3, -0.25) is 4.68 Å². The molecule has 4 heteroatoms. The molecule has 0 amide bonds. The van der Waals surface area contributed by atoms with Crippen molar-refractivity contribution in [2.45, 2.75) is 25.9 Å². The normalized spacial score (nSPS) is 22.8. The Morgan fingerprint density at radius 2 is 2.00 bits per heavy atom. The molecule has 1 aromatic heterocycles. The minimum atomic E-state index is 0.376. The van der Waals surface area contributed by atoms with E-state index in [2.05, 4.69) is 65.7 Å². The predicted octanol–water partition coefficient (Wildman–Crippen LogP) is 2.60. The molecule has 112 valence electrons. The number of benzene rings is 1. The molecule has 3 rings (SSSR count). The van der Waals surface area contributed by atoms with Gasteiger partial charge in [-0.2, -0.15) is 5.10 Å².